The van der Waals surface area contributed by atoms with Gasteiger partial charge in [-0.2, -0.15) is 0 Å². The highest BCUT2D eigenvalue weighted by Gasteiger charge is 2.31. The minimum absolute atomic E-state index is 0.0238. The molecule has 2 aliphatic heterocycles. The Morgan fingerprint density at radius 2 is 1.84 bits per heavy atom. The molecular weight excluding hydrogens is 321 g/mol. The maximum Gasteiger partial charge on any atom is 0.226 e. The van der Waals surface area contributed by atoms with Gasteiger partial charge in [-0.1, -0.05) is 12.1 Å². The summed E-state index contributed by atoms with van der Waals surface area (Å²) in [4.78, 5) is 26.8. The maximum absolute atomic E-state index is 12.9. The van der Waals surface area contributed by atoms with Crippen LogP contribution in [-0.4, -0.2) is 42.9 Å². The summed E-state index contributed by atoms with van der Waals surface area (Å²) >= 11 is 0. The predicted octanol–water partition coefficient (Wildman–Crippen LogP) is 1.68. The van der Waals surface area contributed by atoms with Crippen LogP contribution in [0.2, 0.25) is 0 Å². The number of hydrogen-bond acceptors (Lipinski definition) is 3. The van der Waals surface area contributed by atoms with Crippen LogP contribution >= 0.6 is 0 Å². The summed E-state index contributed by atoms with van der Waals surface area (Å²) in [5.74, 6) is 0.0278. The highest BCUT2D eigenvalue weighted by Crippen LogP contribution is 2.21. The Hall–Kier alpha value is -1.95. The molecule has 0 bridgehead atoms. The number of piperidine rings is 2. The van der Waals surface area contributed by atoms with Gasteiger partial charge in [-0.3, -0.25) is 9.59 Å². The molecule has 2 N–H and O–H groups in total. The van der Waals surface area contributed by atoms with Crippen molar-refractivity contribution in [3.8, 4) is 0 Å². The summed E-state index contributed by atoms with van der Waals surface area (Å²) in [5.41, 5.74) is 0.882. The van der Waals surface area contributed by atoms with Gasteiger partial charge in [0.05, 0.1) is 5.92 Å². The van der Waals surface area contributed by atoms with Crippen LogP contribution in [0.15, 0.2) is 24.3 Å². The molecule has 5 nitrogen and oxygen atoms in total. The van der Waals surface area contributed by atoms with E-state index in [1.807, 2.05) is 4.90 Å². The van der Waals surface area contributed by atoms with Crippen LogP contribution in [0.1, 0.15) is 31.2 Å². The van der Waals surface area contributed by atoms with E-state index in [1.165, 1.54) is 12.1 Å². The Morgan fingerprint density at radius 1 is 1.12 bits per heavy atom. The van der Waals surface area contributed by atoms with E-state index >= 15 is 0 Å². The molecule has 1 unspecified atom stereocenters. The second kappa shape index (κ2) is 8.43. The number of carbonyl (C=O) groups is 2. The fraction of sp³-hybridized carbons (Fsp3) is 0.579. The number of hydrogen-bond donors (Lipinski definition) is 2. The van der Waals surface area contributed by atoms with Crippen LogP contribution in [0, 0.1) is 17.7 Å². The molecule has 0 spiro atoms. The lowest BCUT2D eigenvalue weighted by Crippen LogP contribution is -2.47. The van der Waals surface area contributed by atoms with E-state index in [9.17, 15) is 14.0 Å². The second-order valence-corrected chi connectivity index (χ2v) is 6.99. The van der Waals surface area contributed by atoms with E-state index in [4.69, 9.17) is 0 Å². The summed E-state index contributed by atoms with van der Waals surface area (Å²) in [6, 6.07) is 6.14. The van der Waals surface area contributed by atoms with Crippen molar-refractivity contribution >= 4 is 11.8 Å². The van der Waals surface area contributed by atoms with Crippen LogP contribution in [0.5, 0.6) is 0 Å². The number of nitrogens with zero attached hydrogens (tertiary/aromatic N) is 1. The third kappa shape index (κ3) is 4.78. The highest BCUT2D eigenvalue weighted by atomic mass is 19.1. The fourth-order valence-corrected chi connectivity index (χ4v) is 3.62. The van der Waals surface area contributed by atoms with Crippen molar-refractivity contribution in [2.75, 3.05) is 26.2 Å². The second-order valence-electron chi connectivity index (χ2n) is 6.99. The SMILES string of the molecule is O=C(NCc1ccc(F)cc1)C1CCN(C(=O)C2CCCNC2)CC1. The van der Waals surface area contributed by atoms with Gasteiger partial charge in [0.1, 0.15) is 5.82 Å². The predicted molar refractivity (Wildman–Crippen MR) is 93.1 cm³/mol. The summed E-state index contributed by atoms with van der Waals surface area (Å²) in [7, 11) is 0. The van der Waals surface area contributed by atoms with Crippen molar-refractivity contribution in [1.29, 1.82) is 0 Å². The van der Waals surface area contributed by atoms with Gasteiger partial charge in [0.2, 0.25) is 11.8 Å². The topological polar surface area (TPSA) is 61.4 Å². The van der Waals surface area contributed by atoms with Gasteiger partial charge in [-0.05, 0) is 49.9 Å². The zero-order chi connectivity index (χ0) is 17.6. The Kier molecular flexibility index (Phi) is 6.02. The molecule has 6 heteroatoms. The number of nitrogens with one attached hydrogen (secondary N) is 2. The molecule has 0 aliphatic carbocycles. The minimum atomic E-state index is -0.278. The van der Waals surface area contributed by atoms with Gasteiger partial charge in [0.25, 0.3) is 0 Å². The van der Waals surface area contributed by atoms with Crippen molar-refractivity contribution in [2.24, 2.45) is 11.8 Å². The molecule has 0 aromatic heterocycles. The third-order valence-electron chi connectivity index (χ3n) is 5.20. The maximum atomic E-state index is 12.9. The summed E-state index contributed by atoms with van der Waals surface area (Å²) in [5, 5.41) is 6.20. The van der Waals surface area contributed by atoms with E-state index in [0.29, 0.717) is 32.5 Å². The number of rotatable bonds is 4. The Morgan fingerprint density at radius 3 is 2.48 bits per heavy atom. The van der Waals surface area contributed by atoms with E-state index in [0.717, 1.165) is 31.5 Å². The van der Waals surface area contributed by atoms with Crippen LogP contribution in [0.4, 0.5) is 4.39 Å². The first-order valence-corrected chi connectivity index (χ1v) is 9.15. The Bertz CT molecular complexity index is 591. The summed E-state index contributed by atoms with van der Waals surface area (Å²) in [6.07, 6.45) is 3.44. The van der Waals surface area contributed by atoms with Crippen molar-refractivity contribution < 1.29 is 14.0 Å². The zero-order valence-corrected chi connectivity index (χ0v) is 14.5. The van der Waals surface area contributed by atoms with Crippen molar-refractivity contribution in [1.82, 2.24) is 15.5 Å². The quantitative estimate of drug-likeness (QED) is 0.871. The van der Waals surface area contributed by atoms with Gasteiger partial charge in [0.15, 0.2) is 0 Å². The molecule has 0 saturated carbocycles. The fourth-order valence-electron chi connectivity index (χ4n) is 3.62. The van der Waals surface area contributed by atoms with Crippen LogP contribution in [0.3, 0.4) is 0 Å². The number of likely N-dealkylation sites (tertiary alicyclic amines) is 1. The van der Waals surface area contributed by atoms with Crippen LogP contribution in [0.25, 0.3) is 0 Å². The van der Waals surface area contributed by atoms with Gasteiger partial charge in [0, 0.05) is 32.1 Å². The van der Waals surface area contributed by atoms with Gasteiger partial charge >= 0.3 is 0 Å². The Labute approximate surface area is 148 Å². The molecule has 1 atom stereocenters. The molecule has 1 aromatic rings. The molecule has 2 amide bonds. The molecule has 0 radical (unpaired) electrons. The molecule has 2 aliphatic rings. The lowest BCUT2D eigenvalue weighted by Gasteiger charge is -2.34. The first kappa shape index (κ1) is 17.9. The first-order valence-electron chi connectivity index (χ1n) is 9.15. The average Bonchev–Trinajstić information content (AvgIpc) is 2.67. The smallest absolute Gasteiger partial charge is 0.226 e. The number of benzene rings is 1. The van der Waals surface area contributed by atoms with Gasteiger partial charge < -0.3 is 15.5 Å². The lowest BCUT2D eigenvalue weighted by molar-refractivity contribution is -0.139. The first-order chi connectivity index (χ1) is 12.1. The molecular formula is C19H26FN3O2. The molecule has 2 fully saturated rings. The normalized spacial score (nSPS) is 21.8. The molecule has 3 rings (SSSR count). The Balaban J connectivity index is 1.42. The third-order valence-corrected chi connectivity index (χ3v) is 5.20. The van der Waals surface area contributed by atoms with E-state index < -0.39 is 0 Å². The zero-order valence-electron chi connectivity index (χ0n) is 14.5. The van der Waals surface area contributed by atoms with Gasteiger partial charge in [-0.15, -0.1) is 0 Å². The highest BCUT2D eigenvalue weighted by molar-refractivity contribution is 5.81. The minimum Gasteiger partial charge on any atom is -0.352 e. The van der Waals surface area contributed by atoms with E-state index in [-0.39, 0.29) is 29.5 Å². The standard InChI is InChI=1S/C19H26FN3O2/c20-17-5-3-14(4-6-17)12-22-18(24)15-7-10-23(11-8-15)19(25)16-2-1-9-21-13-16/h3-6,15-16,21H,1-2,7-13H2,(H,22,24). The van der Waals surface area contributed by atoms with Crippen molar-refractivity contribution in [3.05, 3.63) is 35.6 Å². The summed E-state index contributed by atoms with van der Waals surface area (Å²) in [6.45, 7) is 3.50. The number of carbonyl (C=O) groups excluding carboxylic acids is 2. The lowest BCUT2D eigenvalue weighted by atomic mass is 9.93. The van der Waals surface area contributed by atoms with Crippen LogP contribution < -0.4 is 10.6 Å². The number of halogens is 1. The monoisotopic (exact) mass is 347 g/mol. The molecule has 1 aromatic carbocycles. The van der Waals surface area contributed by atoms with Gasteiger partial charge in [-0.25, -0.2) is 4.39 Å². The molecule has 136 valence electrons. The van der Waals surface area contributed by atoms with Crippen molar-refractivity contribution in [2.45, 2.75) is 32.2 Å². The van der Waals surface area contributed by atoms with E-state index in [2.05, 4.69) is 10.6 Å². The van der Waals surface area contributed by atoms with E-state index in [1.54, 1.807) is 12.1 Å². The van der Waals surface area contributed by atoms with Crippen LogP contribution in [-0.2, 0) is 16.1 Å². The molecule has 2 heterocycles. The molecule has 25 heavy (non-hydrogen) atoms. The summed E-state index contributed by atoms with van der Waals surface area (Å²) < 4.78 is 12.9. The molecule has 2 saturated heterocycles. The largest absolute Gasteiger partial charge is 0.352 e. The average molecular weight is 347 g/mol. The van der Waals surface area contributed by atoms with Crippen molar-refractivity contribution in [3.63, 3.8) is 0 Å². The number of amides is 2.